The van der Waals surface area contributed by atoms with Crippen LogP contribution in [0.15, 0.2) is 57.9 Å². The zero-order valence-corrected chi connectivity index (χ0v) is 14.2. The van der Waals surface area contributed by atoms with Crippen molar-refractivity contribution in [1.82, 2.24) is 0 Å². The number of benzene rings is 2. The van der Waals surface area contributed by atoms with Crippen LogP contribution in [-0.2, 0) is 0 Å². The van der Waals surface area contributed by atoms with E-state index in [1.54, 1.807) is 0 Å². The number of hydrogen-bond acceptors (Lipinski definition) is 1. The molecule has 2 unspecified atom stereocenters. The molecule has 0 aliphatic carbocycles. The second-order valence-electron chi connectivity index (χ2n) is 5.15. The molecule has 3 rings (SSSR count). The average molecular weight is 368 g/mol. The summed E-state index contributed by atoms with van der Waals surface area (Å²) < 4.78 is 1.17. The van der Waals surface area contributed by atoms with Gasteiger partial charge in [-0.2, -0.15) is 0 Å². The summed E-state index contributed by atoms with van der Waals surface area (Å²) in [5, 5.41) is 0. The van der Waals surface area contributed by atoms with Gasteiger partial charge in [0.25, 0.3) is 0 Å². The minimum atomic E-state index is 0.406. The van der Waals surface area contributed by atoms with Crippen LogP contribution in [0.1, 0.15) is 29.4 Å². The van der Waals surface area contributed by atoms with Gasteiger partial charge in [-0.1, -0.05) is 52.3 Å². The maximum atomic E-state index is 6.25. The first-order chi connectivity index (χ1) is 9.79. The van der Waals surface area contributed by atoms with E-state index in [0.717, 1.165) is 6.42 Å². The van der Waals surface area contributed by atoms with Crippen LogP contribution >= 0.6 is 39.3 Å². The van der Waals surface area contributed by atoms with Crippen LogP contribution in [0.3, 0.4) is 0 Å². The molecule has 2 aromatic carbocycles. The smallest absolute Gasteiger partial charge is 0.0292 e. The summed E-state index contributed by atoms with van der Waals surface area (Å²) in [5.74, 6) is 2.87. The topological polar surface area (TPSA) is 0 Å². The Labute approximate surface area is 138 Å². The summed E-state index contributed by atoms with van der Waals surface area (Å²) in [6.45, 7) is 0. The van der Waals surface area contributed by atoms with Crippen LogP contribution in [-0.4, -0.2) is 11.6 Å². The molecule has 0 radical (unpaired) electrons. The molecule has 3 heteroatoms. The van der Waals surface area contributed by atoms with Gasteiger partial charge in [0, 0.05) is 21.0 Å². The molecule has 0 saturated heterocycles. The van der Waals surface area contributed by atoms with E-state index >= 15 is 0 Å². The summed E-state index contributed by atoms with van der Waals surface area (Å²) in [7, 11) is 0. The summed E-state index contributed by atoms with van der Waals surface area (Å²) in [4.78, 5) is 1.44. The highest BCUT2D eigenvalue weighted by Crippen LogP contribution is 2.44. The summed E-state index contributed by atoms with van der Waals surface area (Å²) in [6.07, 6.45) is 1.12. The molecule has 1 aliphatic heterocycles. The number of halogens is 2. The van der Waals surface area contributed by atoms with E-state index in [1.165, 1.54) is 26.2 Å². The number of alkyl halides is 1. The van der Waals surface area contributed by atoms with Crippen molar-refractivity contribution in [2.75, 3.05) is 11.6 Å². The van der Waals surface area contributed by atoms with Gasteiger partial charge in [0.2, 0.25) is 0 Å². The number of rotatable bonds is 4. The van der Waals surface area contributed by atoms with Crippen molar-refractivity contribution in [2.45, 2.75) is 23.2 Å². The lowest BCUT2D eigenvalue weighted by Gasteiger charge is -2.20. The van der Waals surface area contributed by atoms with E-state index in [2.05, 4.69) is 64.5 Å². The van der Waals surface area contributed by atoms with Gasteiger partial charge in [-0.3, -0.25) is 0 Å². The molecule has 0 nitrogen and oxygen atoms in total. The Hall–Kier alpha value is -0.440. The molecule has 0 aromatic heterocycles. The second kappa shape index (κ2) is 6.55. The first kappa shape index (κ1) is 14.5. The highest BCUT2D eigenvalue weighted by molar-refractivity contribution is 9.10. The molecular formula is C17H16BrClS. The molecule has 20 heavy (non-hydrogen) atoms. The van der Waals surface area contributed by atoms with Crippen molar-refractivity contribution in [3.63, 3.8) is 0 Å². The summed E-state index contributed by atoms with van der Waals surface area (Å²) in [5.41, 5.74) is 2.83. The molecule has 0 amide bonds. The predicted molar refractivity (Wildman–Crippen MR) is 92.1 cm³/mol. The maximum Gasteiger partial charge on any atom is 0.0292 e. The van der Waals surface area contributed by atoms with E-state index in [-0.39, 0.29) is 0 Å². The quantitative estimate of drug-likeness (QED) is 0.593. The molecule has 0 saturated carbocycles. The zero-order valence-electron chi connectivity index (χ0n) is 11.1. The first-order valence-corrected chi connectivity index (χ1v) is 9.13. The Morgan fingerprint density at radius 2 is 1.90 bits per heavy atom. The Kier molecular flexibility index (Phi) is 4.75. The number of thioether (sulfide) groups is 1. The third-order valence-corrected chi connectivity index (χ3v) is 6.25. The standard InChI is InChI=1S/C17H16BrClS/c18-16-7-3-1-5-14(16)12(10-19)9-13-11-20-17-8-4-2-6-15(13)17/h1-8,12-13H,9-11H2. The van der Waals surface area contributed by atoms with Gasteiger partial charge >= 0.3 is 0 Å². The van der Waals surface area contributed by atoms with Crippen LogP contribution in [0.4, 0.5) is 0 Å². The van der Waals surface area contributed by atoms with Crippen LogP contribution in [0.25, 0.3) is 0 Å². The first-order valence-electron chi connectivity index (χ1n) is 6.81. The van der Waals surface area contributed by atoms with Gasteiger partial charge in [0.15, 0.2) is 0 Å². The molecule has 0 spiro atoms. The normalized spacial score (nSPS) is 18.8. The fraction of sp³-hybridized carbons (Fsp3) is 0.294. The molecule has 2 aromatic rings. The highest BCUT2D eigenvalue weighted by atomic mass is 79.9. The summed E-state index contributed by atoms with van der Waals surface area (Å²) in [6, 6.07) is 17.2. The molecule has 0 bridgehead atoms. The monoisotopic (exact) mass is 366 g/mol. The van der Waals surface area contributed by atoms with Crippen molar-refractivity contribution < 1.29 is 0 Å². The van der Waals surface area contributed by atoms with Crippen molar-refractivity contribution in [3.05, 3.63) is 64.1 Å². The van der Waals surface area contributed by atoms with E-state index in [0.29, 0.717) is 17.7 Å². The molecule has 0 fully saturated rings. The SMILES string of the molecule is ClCC(CC1CSc2ccccc21)c1ccccc1Br. The fourth-order valence-corrected chi connectivity index (χ4v) is 5.02. The Balaban J connectivity index is 1.82. The number of fused-ring (bicyclic) bond motifs is 1. The van der Waals surface area contributed by atoms with Gasteiger partial charge in [0.05, 0.1) is 0 Å². The molecule has 1 heterocycles. The van der Waals surface area contributed by atoms with Gasteiger partial charge < -0.3 is 0 Å². The highest BCUT2D eigenvalue weighted by Gasteiger charge is 2.26. The molecular weight excluding hydrogens is 352 g/mol. The molecule has 0 N–H and O–H groups in total. The Morgan fingerprint density at radius 3 is 2.70 bits per heavy atom. The predicted octanol–water partition coefficient (Wildman–Crippen LogP) is 6.05. The maximum absolute atomic E-state index is 6.25. The minimum absolute atomic E-state index is 0.406. The largest absolute Gasteiger partial charge is 0.126 e. The third-order valence-electron chi connectivity index (χ3n) is 3.90. The lowest BCUT2D eigenvalue weighted by Crippen LogP contribution is -2.08. The van der Waals surface area contributed by atoms with Gasteiger partial charge in [0.1, 0.15) is 0 Å². The van der Waals surface area contributed by atoms with Crippen molar-refractivity contribution in [2.24, 2.45) is 0 Å². The van der Waals surface area contributed by atoms with E-state index in [9.17, 15) is 0 Å². The number of hydrogen-bond donors (Lipinski definition) is 0. The van der Waals surface area contributed by atoms with Crippen LogP contribution in [0.5, 0.6) is 0 Å². The van der Waals surface area contributed by atoms with Crippen LogP contribution < -0.4 is 0 Å². The van der Waals surface area contributed by atoms with Crippen molar-refractivity contribution in [3.8, 4) is 0 Å². The van der Waals surface area contributed by atoms with E-state index in [1.807, 2.05) is 11.8 Å². The molecule has 104 valence electrons. The Bertz CT molecular complexity index is 599. The Morgan fingerprint density at radius 1 is 1.15 bits per heavy atom. The van der Waals surface area contributed by atoms with Crippen LogP contribution in [0, 0.1) is 0 Å². The molecule has 1 aliphatic rings. The average Bonchev–Trinajstić information content (AvgIpc) is 2.89. The lowest BCUT2D eigenvalue weighted by molar-refractivity contribution is 0.602. The fourth-order valence-electron chi connectivity index (χ4n) is 2.85. The van der Waals surface area contributed by atoms with Crippen LogP contribution in [0.2, 0.25) is 0 Å². The van der Waals surface area contributed by atoms with Crippen molar-refractivity contribution in [1.29, 1.82) is 0 Å². The van der Waals surface area contributed by atoms with E-state index < -0.39 is 0 Å². The van der Waals surface area contributed by atoms with Crippen molar-refractivity contribution >= 4 is 39.3 Å². The zero-order chi connectivity index (χ0) is 13.9. The van der Waals surface area contributed by atoms with Gasteiger partial charge in [-0.05, 0) is 41.5 Å². The van der Waals surface area contributed by atoms with Gasteiger partial charge in [-0.25, -0.2) is 0 Å². The van der Waals surface area contributed by atoms with Gasteiger partial charge in [-0.15, -0.1) is 23.4 Å². The second-order valence-corrected chi connectivity index (χ2v) is 7.38. The molecule has 2 atom stereocenters. The summed E-state index contributed by atoms with van der Waals surface area (Å²) >= 11 is 11.9. The lowest BCUT2D eigenvalue weighted by atomic mass is 9.87. The minimum Gasteiger partial charge on any atom is -0.126 e. The van der Waals surface area contributed by atoms with E-state index in [4.69, 9.17) is 11.6 Å². The third kappa shape index (κ3) is 2.93.